The van der Waals surface area contributed by atoms with Crippen molar-refractivity contribution in [3.05, 3.63) is 42.0 Å². The second-order valence-corrected chi connectivity index (χ2v) is 5.17. The van der Waals surface area contributed by atoms with Gasteiger partial charge in [-0.2, -0.15) is 5.10 Å². The molecule has 1 amide bonds. The molecular weight excluding hydrogens is 284 g/mol. The van der Waals surface area contributed by atoms with Crippen LogP contribution in [0.5, 0.6) is 5.75 Å². The molecule has 1 N–H and O–H groups in total. The van der Waals surface area contributed by atoms with Crippen molar-refractivity contribution in [2.75, 3.05) is 13.2 Å². The zero-order chi connectivity index (χ0) is 15.4. The van der Waals surface area contributed by atoms with E-state index in [1.54, 1.807) is 15.9 Å². The average Bonchev–Trinajstić information content (AvgIpc) is 2.97. The number of amides is 1. The maximum Gasteiger partial charge on any atom is 0.224 e. The van der Waals surface area contributed by atoms with E-state index in [0.717, 1.165) is 16.9 Å². The van der Waals surface area contributed by atoms with Gasteiger partial charge in [0.25, 0.3) is 0 Å². The summed E-state index contributed by atoms with van der Waals surface area (Å²) >= 11 is 0. The molecule has 0 radical (unpaired) electrons. The smallest absolute Gasteiger partial charge is 0.224 e. The average molecular weight is 302 g/mol. The zero-order valence-electron chi connectivity index (χ0n) is 12.2. The molecule has 0 fully saturated rings. The molecule has 116 valence electrons. The molecular formula is C15H18N4O3. The van der Waals surface area contributed by atoms with Crippen LogP contribution in [0.15, 0.2) is 30.9 Å². The SMILES string of the molecule is O=C(CCn1cncn1)N1CCOc2ccc(CO)cc2C1. The van der Waals surface area contributed by atoms with Crippen LogP contribution < -0.4 is 4.74 Å². The van der Waals surface area contributed by atoms with E-state index in [2.05, 4.69) is 10.1 Å². The Morgan fingerprint density at radius 3 is 3.09 bits per heavy atom. The van der Waals surface area contributed by atoms with E-state index in [4.69, 9.17) is 4.74 Å². The van der Waals surface area contributed by atoms with Gasteiger partial charge in [-0.25, -0.2) is 4.98 Å². The van der Waals surface area contributed by atoms with Crippen LogP contribution in [0.3, 0.4) is 0 Å². The van der Waals surface area contributed by atoms with Crippen LogP contribution in [0, 0.1) is 0 Å². The quantitative estimate of drug-likeness (QED) is 0.893. The van der Waals surface area contributed by atoms with Crippen molar-refractivity contribution in [2.45, 2.75) is 26.1 Å². The second-order valence-electron chi connectivity index (χ2n) is 5.17. The van der Waals surface area contributed by atoms with E-state index in [1.165, 1.54) is 6.33 Å². The highest BCUT2D eigenvalue weighted by Crippen LogP contribution is 2.24. The van der Waals surface area contributed by atoms with Gasteiger partial charge in [0, 0.05) is 18.5 Å². The summed E-state index contributed by atoms with van der Waals surface area (Å²) in [4.78, 5) is 18.0. The largest absolute Gasteiger partial charge is 0.491 e. The fourth-order valence-electron chi connectivity index (χ4n) is 2.48. The van der Waals surface area contributed by atoms with Gasteiger partial charge in [0.1, 0.15) is 25.0 Å². The van der Waals surface area contributed by atoms with Gasteiger partial charge in [-0.3, -0.25) is 9.48 Å². The Kier molecular flexibility index (Phi) is 4.34. The zero-order valence-corrected chi connectivity index (χ0v) is 12.2. The van der Waals surface area contributed by atoms with Gasteiger partial charge >= 0.3 is 0 Å². The molecule has 7 nitrogen and oxygen atoms in total. The normalized spacial score (nSPS) is 14.1. The number of hydrogen-bond donors (Lipinski definition) is 1. The third kappa shape index (κ3) is 3.25. The minimum absolute atomic E-state index is 0.0203. The lowest BCUT2D eigenvalue weighted by Crippen LogP contribution is -2.33. The summed E-state index contributed by atoms with van der Waals surface area (Å²) in [5.74, 6) is 0.838. The van der Waals surface area contributed by atoms with Gasteiger partial charge in [0.15, 0.2) is 0 Å². The van der Waals surface area contributed by atoms with Crippen molar-refractivity contribution in [2.24, 2.45) is 0 Å². The minimum atomic E-state index is -0.0203. The molecule has 22 heavy (non-hydrogen) atoms. The van der Waals surface area contributed by atoms with E-state index in [9.17, 15) is 9.90 Å². The lowest BCUT2D eigenvalue weighted by molar-refractivity contribution is -0.132. The van der Waals surface area contributed by atoms with Crippen molar-refractivity contribution in [3.63, 3.8) is 0 Å². The summed E-state index contributed by atoms with van der Waals surface area (Å²) in [5.41, 5.74) is 1.75. The maximum atomic E-state index is 12.4. The molecule has 1 aromatic carbocycles. The third-order valence-electron chi connectivity index (χ3n) is 3.66. The van der Waals surface area contributed by atoms with Gasteiger partial charge < -0.3 is 14.7 Å². The Bertz CT molecular complexity index is 642. The lowest BCUT2D eigenvalue weighted by Gasteiger charge is -2.20. The van der Waals surface area contributed by atoms with Crippen molar-refractivity contribution in [1.82, 2.24) is 19.7 Å². The van der Waals surface area contributed by atoms with E-state index in [1.807, 2.05) is 18.2 Å². The fourth-order valence-corrected chi connectivity index (χ4v) is 2.48. The highest BCUT2D eigenvalue weighted by atomic mass is 16.5. The van der Waals surface area contributed by atoms with Gasteiger partial charge in [0.2, 0.25) is 5.91 Å². The Morgan fingerprint density at radius 2 is 2.32 bits per heavy atom. The molecule has 0 aliphatic carbocycles. The highest BCUT2D eigenvalue weighted by Gasteiger charge is 2.20. The summed E-state index contributed by atoms with van der Waals surface area (Å²) in [7, 11) is 0. The number of aromatic nitrogens is 3. The first-order valence-corrected chi connectivity index (χ1v) is 7.22. The van der Waals surface area contributed by atoms with Crippen molar-refractivity contribution >= 4 is 5.91 Å². The van der Waals surface area contributed by atoms with Gasteiger partial charge in [0.05, 0.1) is 19.7 Å². The number of carbonyl (C=O) groups excluding carboxylic acids is 1. The first-order chi connectivity index (χ1) is 10.8. The molecule has 0 atom stereocenters. The van der Waals surface area contributed by atoms with E-state index in [-0.39, 0.29) is 12.5 Å². The van der Waals surface area contributed by atoms with Crippen LogP contribution in [-0.2, 0) is 24.5 Å². The monoisotopic (exact) mass is 302 g/mol. The third-order valence-corrected chi connectivity index (χ3v) is 3.66. The Labute approximate surface area is 128 Å². The Morgan fingerprint density at radius 1 is 1.41 bits per heavy atom. The number of fused-ring (bicyclic) bond motifs is 1. The molecule has 0 unspecified atom stereocenters. The number of benzene rings is 1. The standard InChI is InChI=1S/C15H18N4O3/c20-9-12-1-2-14-13(7-12)8-18(5-6-22-14)15(21)3-4-19-11-16-10-17-19/h1-2,7,10-11,20H,3-6,8-9H2. The summed E-state index contributed by atoms with van der Waals surface area (Å²) in [6.45, 7) is 2.02. The lowest BCUT2D eigenvalue weighted by atomic mass is 10.1. The highest BCUT2D eigenvalue weighted by molar-refractivity contribution is 5.76. The molecule has 0 bridgehead atoms. The molecule has 2 aromatic rings. The molecule has 0 saturated carbocycles. The van der Waals surface area contributed by atoms with Crippen molar-refractivity contribution in [3.8, 4) is 5.75 Å². The number of carbonyl (C=O) groups is 1. The summed E-state index contributed by atoms with van der Waals surface area (Å²) in [6.07, 6.45) is 3.43. The predicted octanol–water partition coefficient (Wildman–Crippen LogP) is 0.582. The number of aliphatic hydroxyl groups excluding tert-OH is 1. The van der Waals surface area contributed by atoms with Crippen LogP contribution in [-0.4, -0.2) is 43.8 Å². The topological polar surface area (TPSA) is 80.5 Å². The van der Waals surface area contributed by atoms with Crippen LogP contribution in [0.25, 0.3) is 0 Å². The van der Waals surface area contributed by atoms with E-state index >= 15 is 0 Å². The molecule has 0 spiro atoms. The molecule has 1 aromatic heterocycles. The molecule has 1 aliphatic heterocycles. The van der Waals surface area contributed by atoms with Gasteiger partial charge in [-0.1, -0.05) is 6.07 Å². The number of rotatable bonds is 4. The number of nitrogens with zero attached hydrogens (tertiary/aromatic N) is 4. The molecule has 3 rings (SSSR count). The molecule has 0 saturated heterocycles. The van der Waals surface area contributed by atoms with E-state index in [0.29, 0.717) is 32.7 Å². The van der Waals surface area contributed by atoms with Gasteiger partial charge in [-0.05, 0) is 17.7 Å². The first-order valence-electron chi connectivity index (χ1n) is 7.22. The van der Waals surface area contributed by atoms with Crippen LogP contribution in [0.2, 0.25) is 0 Å². The second kappa shape index (κ2) is 6.57. The predicted molar refractivity (Wildman–Crippen MR) is 77.9 cm³/mol. The van der Waals surface area contributed by atoms with Gasteiger partial charge in [-0.15, -0.1) is 0 Å². The number of aliphatic hydroxyl groups is 1. The van der Waals surface area contributed by atoms with Crippen molar-refractivity contribution < 1.29 is 14.6 Å². The van der Waals surface area contributed by atoms with E-state index < -0.39 is 0 Å². The Balaban J connectivity index is 1.67. The van der Waals surface area contributed by atoms with Crippen molar-refractivity contribution in [1.29, 1.82) is 0 Å². The van der Waals surface area contributed by atoms with Crippen LogP contribution in [0.1, 0.15) is 17.5 Å². The summed E-state index contributed by atoms with van der Waals surface area (Å²) < 4.78 is 7.32. The first kappa shape index (κ1) is 14.5. The maximum absolute atomic E-state index is 12.4. The molecule has 7 heteroatoms. The number of aryl methyl sites for hydroxylation is 1. The van der Waals surface area contributed by atoms with Crippen LogP contribution in [0.4, 0.5) is 0 Å². The Hall–Kier alpha value is -2.41. The molecule has 1 aliphatic rings. The fraction of sp³-hybridized carbons (Fsp3) is 0.400. The van der Waals surface area contributed by atoms with Crippen LogP contribution >= 0.6 is 0 Å². The minimum Gasteiger partial charge on any atom is -0.491 e. The summed E-state index contributed by atoms with van der Waals surface area (Å²) in [5, 5.41) is 13.2. The molecule has 2 heterocycles. The number of ether oxygens (including phenoxy) is 1. The number of hydrogen-bond acceptors (Lipinski definition) is 5. The summed E-state index contributed by atoms with van der Waals surface area (Å²) in [6, 6.07) is 5.57.